The molecule has 1 aliphatic heterocycles. The Kier molecular flexibility index (Phi) is 4.20. The number of likely N-dealkylation sites (tertiary alicyclic amines) is 1. The summed E-state index contributed by atoms with van der Waals surface area (Å²) in [4.78, 5) is 2.09. The molecule has 1 fully saturated rings. The Bertz CT molecular complexity index is 394. The molecule has 0 spiro atoms. The first kappa shape index (κ1) is 12.9. The zero-order chi connectivity index (χ0) is 13.0. The molecule has 4 nitrogen and oxygen atoms in total. The second-order valence-electron chi connectivity index (χ2n) is 4.71. The van der Waals surface area contributed by atoms with E-state index in [4.69, 9.17) is 15.9 Å². The molecule has 1 heterocycles. The summed E-state index contributed by atoms with van der Waals surface area (Å²) in [6.07, 6.45) is 2.19. The third-order valence-corrected chi connectivity index (χ3v) is 3.35. The topological polar surface area (TPSA) is 60.1 Å². The monoisotopic (exact) mass is 246 g/mol. The Labute approximate surface area is 108 Å². The molecule has 0 aliphatic carbocycles. The summed E-state index contributed by atoms with van der Waals surface area (Å²) >= 11 is 0. The molecule has 0 amide bonds. The van der Waals surface area contributed by atoms with Crippen LogP contribution < -0.4 is 10.5 Å². The SMILES string of the molecule is CC(=N)N1CCC(Oc2ccc(C[NH])cc2)CC1. The highest BCUT2D eigenvalue weighted by Gasteiger charge is 2.20. The van der Waals surface area contributed by atoms with Gasteiger partial charge in [0.1, 0.15) is 11.9 Å². The van der Waals surface area contributed by atoms with Gasteiger partial charge in [-0.05, 0) is 24.6 Å². The first-order valence-electron chi connectivity index (χ1n) is 6.39. The van der Waals surface area contributed by atoms with Gasteiger partial charge in [0, 0.05) is 32.5 Å². The molecule has 1 aliphatic rings. The molecule has 4 heteroatoms. The van der Waals surface area contributed by atoms with Crippen molar-refractivity contribution in [2.24, 2.45) is 0 Å². The van der Waals surface area contributed by atoms with Gasteiger partial charge in [-0.15, -0.1) is 0 Å². The Morgan fingerprint density at radius 1 is 1.28 bits per heavy atom. The van der Waals surface area contributed by atoms with E-state index in [-0.39, 0.29) is 6.10 Å². The average Bonchev–Trinajstić information content (AvgIpc) is 2.40. The van der Waals surface area contributed by atoms with Gasteiger partial charge in [0.05, 0.1) is 5.84 Å². The maximum atomic E-state index is 7.59. The van der Waals surface area contributed by atoms with E-state index in [0.717, 1.165) is 37.2 Å². The van der Waals surface area contributed by atoms with Crippen LogP contribution in [0.4, 0.5) is 0 Å². The van der Waals surface area contributed by atoms with Gasteiger partial charge in [-0.25, -0.2) is 0 Å². The van der Waals surface area contributed by atoms with Crippen molar-refractivity contribution in [3.63, 3.8) is 0 Å². The van der Waals surface area contributed by atoms with Crippen LogP contribution >= 0.6 is 0 Å². The molecule has 1 aromatic rings. The Hall–Kier alpha value is -1.55. The third kappa shape index (κ3) is 3.23. The van der Waals surface area contributed by atoms with Crippen molar-refractivity contribution in [2.75, 3.05) is 13.1 Å². The van der Waals surface area contributed by atoms with E-state index in [2.05, 4.69) is 4.90 Å². The van der Waals surface area contributed by atoms with Crippen molar-refractivity contribution in [1.29, 1.82) is 5.41 Å². The van der Waals surface area contributed by atoms with Gasteiger partial charge in [0.15, 0.2) is 0 Å². The van der Waals surface area contributed by atoms with Gasteiger partial charge in [0.25, 0.3) is 0 Å². The van der Waals surface area contributed by atoms with Gasteiger partial charge in [-0.2, -0.15) is 0 Å². The lowest BCUT2D eigenvalue weighted by molar-refractivity contribution is 0.130. The van der Waals surface area contributed by atoms with Crippen LogP contribution in [-0.4, -0.2) is 29.9 Å². The quantitative estimate of drug-likeness (QED) is 0.657. The Morgan fingerprint density at radius 3 is 2.39 bits per heavy atom. The zero-order valence-electron chi connectivity index (χ0n) is 10.8. The van der Waals surface area contributed by atoms with Gasteiger partial charge in [-0.1, -0.05) is 12.1 Å². The molecule has 2 rings (SSSR count). The van der Waals surface area contributed by atoms with Crippen LogP contribution in [0.3, 0.4) is 0 Å². The van der Waals surface area contributed by atoms with Gasteiger partial charge >= 0.3 is 0 Å². The summed E-state index contributed by atoms with van der Waals surface area (Å²) in [6.45, 7) is 3.97. The van der Waals surface area contributed by atoms with E-state index in [1.54, 1.807) is 0 Å². The summed E-state index contributed by atoms with van der Waals surface area (Å²) in [5, 5.41) is 7.59. The predicted molar refractivity (Wildman–Crippen MR) is 71.9 cm³/mol. The maximum absolute atomic E-state index is 7.59. The smallest absolute Gasteiger partial charge is 0.119 e. The molecule has 1 aromatic carbocycles. The lowest BCUT2D eigenvalue weighted by atomic mass is 10.1. The van der Waals surface area contributed by atoms with Gasteiger partial charge in [0.2, 0.25) is 0 Å². The van der Waals surface area contributed by atoms with Crippen LogP contribution in [0.5, 0.6) is 5.75 Å². The molecule has 18 heavy (non-hydrogen) atoms. The summed E-state index contributed by atoms with van der Waals surface area (Å²) in [6, 6.07) is 7.77. The summed E-state index contributed by atoms with van der Waals surface area (Å²) < 4.78 is 5.92. The highest BCUT2D eigenvalue weighted by molar-refractivity contribution is 5.76. The highest BCUT2D eigenvalue weighted by Crippen LogP contribution is 2.19. The molecular formula is C14H20N3O. The fourth-order valence-corrected chi connectivity index (χ4v) is 2.19. The molecular weight excluding hydrogens is 226 g/mol. The van der Waals surface area contributed by atoms with Crippen LogP contribution in [-0.2, 0) is 6.54 Å². The van der Waals surface area contributed by atoms with E-state index in [9.17, 15) is 0 Å². The number of ether oxygens (including phenoxy) is 1. The van der Waals surface area contributed by atoms with Crippen molar-refractivity contribution < 1.29 is 4.74 Å². The largest absolute Gasteiger partial charge is 0.490 e. The minimum absolute atomic E-state index is 0.252. The summed E-state index contributed by atoms with van der Waals surface area (Å²) in [5.74, 6) is 1.53. The van der Waals surface area contributed by atoms with Crippen LogP contribution in [0.2, 0.25) is 0 Å². The number of hydrogen-bond acceptors (Lipinski definition) is 2. The van der Waals surface area contributed by atoms with Crippen LogP contribution in [0.1, 0.15) is 25.3 Å². The van der Waals surface area contributed by atoms with Crippen molar-refractivity contribution >= 4 is 5.84 Å². The second-order valence-corrected chi connectivity index (χ2v) is 4.71. The van der Waals surface area contributed by atoms with E-state index >= 15 is 0 Å². The second kappa shape index (κ2) is 5.87. The van der Waals surface area contributed by atoms with Crippen molar-refractivity contribution in [3.05, 3.63) is 29.8 Å². The first-order valence-corrected chi connectivity index (χ1v) is 6.39. The average molecular weight is 246 g/mol. The molecule has 1 radical (unpaired) electrons. The molecule has 0 atom stereocenters. The van der Waals surface area contributed by atoms with E-state index in [1.165, 1.54) is 0 Å². The number of piperidine rings is 1. The van der Waals surface area contributed by atoms with E-state index in [1.807, 2.05) is 31.2 Å². The normalized spacial score (nSPS) is 16.7. The fraction of sp³-hybridized carbons (Fsp3) is 0.500. The van der Waals surface area contributed by atoms with Crippen LogP contribution in [0.15, 0.2) is 24.3 Å². The maximum Gasteiger partial charge on any atom is 0.119 e. The van der Waals surface area contributed by atoms with Crippen LogP contribution in [0.25, 0.3) is 0 Å². The predicted octanol–water partition coefficient (Wildman–Crippen LogP) is 2.31. The van der Waals surface area contributed by atoms with Crippen molar-refractivity contribution in [1.82, 2.24) is 10.6 Å². The van der Waals surface area contributed by atoms with E-state index in [0.29, 0.717) is 12.4 Å². The Balaban J connectivity index is 1.85. The fourth-order valence-electron chi connectivity index (χ4n) is 2.19. The molecule has 0 unspecified atom stereocenters. The standard InChI is InChI=1S/C14H20N3O/c1-11(16)17-8-6-14(7-9-17)18-13-4-2-12(10-15)3-5-13/h2-5,14-16H,6-10H2,1H3. The number of hydrogen-bond donors (Lipinski definition) is 1. The summed E-state index contributed by atoms with van der Waals surface area (Å²) in [5.41, 5.74) is 8.27. The van der Waals surface area contributed by atoms with Crippen LogP contribution in [0, 0.1) is 5.41 Å². The minimum atomic E-state index is 0.252. The number of benzene rings is 1. The third-order valence-electron chi connectivity index (χ3n) is 3.35. The zero-order valence-corrected chi connectivity index (χ0v) is 10.8. The van der Waals surface area contributed by atoms with E-state index < -0.39 is 0 Å². The molecule has 0 aromatic heterocycles. The molecule has 97 valence electrons. The van der Waals surface area contributed by atoms with Crippen molar-refractivity contribution in [2.45, 2.75) is 32.4 Å². The number of nitrogens with one attached hydrogen (secondary N) is 2. The van der Waals surface area contributed by atoms with Gasteiger partial charge < -0.3 is 9.64 Å². The minimum Gasteiger partial charge on any atom is -0.490 e. The van der Waals surface area contributed by atoms with Gasteiger partial charge in [-0.3, -0.25) is 11.1 Å². The Morgan fingerprint density at radius 2 is 1.89 bits per heavy atom. The molecule has 0 saturated carbocycles. The molecule has 0 bridgehead atoms. The first-order chi connectivity index (χ1) is 8.69. The lowest BCUT2D eigenvalue weighted by Crippen LogP contribution is -2.40. The lowest BCUT2D eigenvalue weighted by Gasteiger charge is -2.32. The molecule has 1 saturated heterocycles. The number of rotatable bonds is 3. The molecule has 2 N–H and O–H groups in total. The number of nitrogens with zero attached hydrogens (tertiary/aromatic N) is 1. The van der Waals surface area contributed by atoms with Crippen molar-refractivity contribution in [3.8, 4) is 5.75 Å². The number of amidine groups is 1. The summed E-state index contributed by atoms with van der Waals surface area (Å²) in [7, 11) is 0. The highest BCUT2D eigenvalue weighted by atomic mass is 16.5.